The summed E-state index contributed by atoms with van der Waals surface area (Å²) in [6.07, 6.45) is 1.14. The SMILES string of the molecule is CCOc1ccc(N(CC(=O)N/N=C\c2cc([N+](=O)[O-])ccc2Cl)S(=O)(=O)c2ccccc2)cc1. The summed E-state index contributed by atoms with van der Waals surface area (Å²) < 4.78 is 33.0. The summed E-state index contributed by atoms with van der Waals surface area (Å²) >= 11 is 6.02. The fourth-order valence-electron chi connectivity index (χ4n) is 2.99. The molecule has 0 unspecified atom stereocenters. The van der Waals surface area contributed by atoms with Crippen molar-refractivity contribution in [3.8, 4) is 5.75 Å². The van der Waals surface area contributed by atoms with Gasteiger partial charge in [0.15, 0.2) is 0 Å². The van der Waals surface area contributed by atoms with Gasteiger partial charge in [-0.25, -0.2) is 13.8 Å². The second-order valence-electron chi connectivity index (χ2n) is 7.01. The molecule has 0 aliphatic carbocycles. The van der Waals surface area contributed by atoms with E-state index >= 15 is 0 Å². The van der Waals surface area contributed by atoms with Crippen LogP contribution < -0.4 is 14.5 Å². The van der Waals surface area contributed by atoms with Crippen LogP contribution in [0.2, 0.25) is 5.02 Å². The van der Waals surface area contributed by atoms with Crippen LogP contribution in [0.3, 0.4) is 0 Å². The third-order valence-corrected chi connectivity index (χ3v) is 6.77. The first-order valence-corrected chi connectivity index (χ1v) is 12.1. The van der Waals surface area contributed by atoms with Crippen LogP contribution in [0.1, 0.15) is 12.5 Å². The number of nitro groups is 1. The van der Waals surface area contributed by atoms with E-state index in [0.717, 1.165) is 10.5 Å². The zero-order valence-electron chi connectivity index (χ0n) is 18.5. The van der Waals surface area contributed by atoms with Crippen LogP contribution in [0, 0.1) is 10.1 Å². The van der Waals surface area contributed by atoms with Crippen LogP contribution in [0.15, 0.2) is 82.8 Å². The predicted octanol–water partition coefficient (Wildman–Crippen LogP) is 3.99. The molecule has 0 aliphatic rings. The molecule has 0 fully saturated rings. The van der Waals surface area contributed by atoms with E-state index in [-0.39, 0.29) is 26.9 Å². The summed E-state index contributed by atoms with van der Waals surface area (Å²) in [7, 11) is -4.09. The number of ether oxygens (including phenoxy) is 1. The number of anilines is 1. The average molecular weight is 517 g/mol. The van der Waals surface area contributed by atoms with Crippen LogP contribution in [0.25, 0.3) is 0 Å². The summed E-state index contributed by atoms with van der Waals surface area (Å²) in [5, 5.41) is 14.9. The van der Waals surface area contributed by atoms with E-state index in [9.17, 15) is 23.3 Å². The normalized spacial score (nSPS) is 11.3. The molecule has 10 nitrogen and oxygen atoms in total. The van der Waals surface area contributed by atoms with Crippen molar-refractivity contribution in [3.63, 3.8) is 0 Å². The van der Waals surface area contributed by atoms with Gasteiger partial charge in [0.05, 0.1) is 28.3 Å². The third kappa shape index (κ3) is 6.55. The molecule has 35 heavy (non-hydrogen) atoms. The maximum Gasteiger partial charge on any atom is 0.270 e. The summed E-state index contributed by atoms with van der Waals surface area (Å²) in [6.45, 7) is 1.69. The van der Waals surface area contributed by atoms with Crippen molar-refractivity contribution >= 4 is 45.1 Å². The van der Waals surface area contributed by atoms with Crippen molar-refractivity contribution in [3.05, 3.63) is 93.5 Å². The number of sulfonamides is 1. The van der Waals surface area contributed by atoms with Crippen molar-refractivity contribution in [2.24, 2.45) is 5.10 Å². The number of non-ortho nitro benzene ring substituents is 1. The summed E-state index contributed by atoms with van der Waals surface area (Å²) in [5.41, 5.74) is 2.50. The van der Waals surface area contributed by atoms with Gasteiger partial charge in [0.1, 0.15) is 12.3 Å². The van der Waals surface area contributed by atoms with Gasteiger partial charge >= 0.3 is 0 Å². The van der Waals surface area contributed by atoms with Gasteiger partial charge in [-0.2, -0.15) is 5.10 Å². The van der Waals surface area contributed by atoms with Crippen molar-refractivity contribution in [2.45, 2.75) is 11.8 Å². The first-order chi connectivity index (χ1) is 16.7. The molecule has 0 radical (unpaired) electrons. The van der Waals surface area contributed by atoms with Gasteiger partial charge in [-0.15, -0.1) is 0 Å². The van der Waals surface area contributed by atoms with Crippen molar-refractivity contribution in [1.29, 1.82) is 0 Å². The number of benzene rings is 3. The lowest BCUT2D eigenvalue weighted by Gasteiger charge is -2.24. The number of nitro benzene ring substituents is 1. The molecule has 0 atom stereocenters. The minimum absolute atomic E-state index is 0.00793. The molecule has 0 spiro atoms. The van der Waals surface area contributed by atoms with Gasteiger partial charge < -0.3 is 4.74 Å². The monoisotopic (exact) mass is 516 g/mol. The van der Waals surface area contributed by atoms with Crippen LogP contribution in [0.4, 0.5) is 11.4 Å². The topological polar surface area (TPSA) is 131 Å². The number of carbonyl (C=O) groups is 1. The van der Waals surface area contributed by atoms with E-state index in [4.69, 9.17) is 16.3 Å². The lowest BCUT2D eigenvalue weighted by molar-refractivity contribution is -0.384. The summed E-state index contributed by atoms with van der Waals surface area (Å²) in [6, 6.07) is 17.7. The molecule has 182 valence electrons. The molecular formula is C23H21ClN4O6S. The number of rotatable bonds is 10. The minimum Gasteiger partial charge on any atom is -0.494 e. The zero-order valence-corrected chi connectivity index (χ0v) is 20.1. The molecule has 0 saturated carbocycles. The lowest BCUT2D eigenvalue weighted by Crippen LogP contribution is -2.39. The molecule has 1 amide bonds. The highest BCUT2D eigenvalue weighted by Gasteiger charge is 2.27. The molecule has 0 bridgehead atoms. The second-order valence-corrected chi connectivity index (χ2v) is 9.28. The second kappa shape index (κ2) is 11.4. The molecule has 0 heterocycles. The zero-order chi connectivity index (χ0) is 25.4. The molecule has 0 aromatic heterocycles. The summed E-state index contributed by atoms with van der Waals surface area (Å²) in [5.74, 6) is -0.188. The first kappa shape index (κ1) is 25.7. The van der Waals surface area contributed by atoms with E-state index < -0.39 is 27.4 Å². The highest BCUT2D eigenvalue weighted by atomic mass is 35.5. The van der Waals surface area contributed by atoms with E-state index in [2.05, 4.69) is 10.5 Å². The fourth-order valence-corrected chi connectivity index (χ4v) is 4.60. The maximum absolute atomic E-state index is 13.3. The van der Waals surface area contributed by atoms with Crippen LogP contribution in [-0.4, -0.2) is 38.6 Å². The fraction of sp³-hybridized carbons (Fsp3) is 0.130. The number of amides is 1. The Morgan fingerprint density at radius 1 is 1.14 bits per heavy atom. The Kier molecular flexibility index (Phi) is 8.39. The standard InChI is InChI=1S/C23H21ClN4O6S/c1-2-34-20-11-8-18(9-12-20)27(35(32,33)21-6-4-3-5-7-21)16-23(29)26-25-15-17-14-19(28(30)31)10-13-22(17)24/h3-15H,2,16H2,1H3,(H,26,29)/b25-15-. The Balaban J connectivity index is 1.83. The van der Waals surface area contributed by atoms with E-state index in [1.54, 1.807) is 30.3 Å². The number of nitrogens with zero attached hydrogens (tertiary/aromatic N) is 3. The number of hydrogen-bond acceptors (Lipinski definition) is 7. The number of hydrogen-bond donors (Lipinski definition) is 1. The molecular weight excluding hydrogens is 496 g/mol. The number of carbonyl (C=O) groups excluding carboxylic acids is 1. The van der Waals surface area contributed by atoms with Crippen LogP contribution >= 0.6 is 11.6 Å². The smallest absolute Gasteiger partial charge is 0.270 e. The Labute approximate surface area is 207 Å². The Bertz CT molecular complexity index is 1330. The molecule has 3 rings (SSSR count). The molecule has 1 N–H and O–H groups in total. The van der Waals surface area contributed by atoms with Crippen molar-refractivity contribution in [1.82, 2.24) is 5.43 Å². The van der Waals surface area contributed by atoms with E-state index in [1.807, 2.05) is 6.92 Å². The van der Waals surface area contributed by atoms with Gasteiger partial charge in [-0.05, 0) is 49.4 Å². The third-order valence-electron chi connectivity index (χ3n) is 4.64. The van der Waals surface area contributed by atoms with Gasteiger partial charge in [-0.1, -0.05) is 29.8 Å². The Morgan fingerprint density at radius 3 is 2.46 bits per heavy atom. The first-order valence-electron chi connectivity index (χ1n) is 10.3. The van der Waals surface area contributed by atoms with Gasteiger partial charge in [0.2, 0.25) is 0 Å². The maximum atomic E-state index is 13.3. The van der Waals surface area contributed by atoms with E-state index in [1.165, 1.54) is 42.5 Å². The molecule has 0 saturated heterocycles. The van der Waals surface area contributed by atoms with Crippen molar-refractivity contribution < 1.29 is 22.9 Å². The lowest BCUT2D eigenvalue weighted by atomic mass is 10.2. The summed E-state index contributed by atoms with van der Waals surface area (Å²) in [4.78, 5) is 23.0. The number of nitrogens with one attached hydrogen (secondary N) is 1. The predicted molar refractivity (Wildman–Crippen MR) is 132 cm³/mol. The van der Waals surface area contributed by atoms with E-state index in [0.29, 0.717) is 12.4 Å². The number of hydrazone groups is 1. The highest BCUT2D eigenvalue weighted by Crippen LogP contribution is 2.26. The minimum atomic E-state index is -4.09. The molecule has 12 heteroatoms. The average Bonchev–Trinajstić information content (AvgIpc) is 2.85. The Morgan fingerprint density at radius 2 is 1.83 bits per heavy atom. The highest BCUT2D eigenvalue weighted by molar-refractivity contribution is 7.92. The largest absolute Gasteiger partial charge is 0.494 e. The van der Waals surface area contributed by atoms with Crippen molar-refractivity contribution in [2.75, 3.05) is 17.5 Å². The molecule has 0 aliphatic heterocycles. The quantitative estimate of drug-likeness (QED) is 0.246. The van der Waals surface area contributed by atoms with Gasteiger partial charge in [0, 0.05) is 22.7 Å². The molecule has 3 aromatic carbocycles. The number of halogens is 1. The van der Waals surface area contributed by atoms with Crippen LogP contribution in [-0.2, 0) is 14.8 Å². The molecule has 3 aromatic rings. The van der Waals surface area contributed by atoms with Gasteiger partial charge in [-0.3, -0.25) is 19.2 Å². The van der Waals surface area contributed by atoms with Crippen LogP contribution in [0.5, 0.6) is 5.75 Å². The Hall–Kier alpha value is -3.96. The van der Waals surface area contributed by atoms with Gasteiger partial charge in [0.25, 0.3) is 21.6 Å².